The number of hydroxylamine groups is 1. The van der Waals surface area contributed by atoms with E-state index < -0.39 is 24.1 Å². The molecule has 3 aliphatic rings. The Morgan fingerprint density at radius 2 is 1.66 bits per heavy atom. The molecular weight excluding hydrogens is 412 g/mol. The average molecular weight is 436 g/mol. The third-order valence-corrected chi connectivity index (χ3v) is 6.89. The van der Waals surface area contributed by atoms with Crippen molar-refractivity contribution in [1.82, 2.24) is 10.8 Å². The molecule has 0 bridgehead atoms. The summed E-state index contributed by atoms with van der Waals surface area (Å²) in [4.78, 5) is 40.1. The Morgan fingerprint density at radius 3 is 2.31 bits per heavy atom. The van der Waals surface area contributed by atoms with E-state index >= 15 is 0 Å². The molecule has 5 rings (SSSR count). The Kier molecular flexibility index (Phi) is 5.09. The maximum Gasteiger partial charge on any atom is 0.407 e. The third-order valence-electron chi connectivity index (χ3n) is 6.89. The Labute approximate surface area is 184 Å². The van der Waals surface area contributed by atoms with Crippen molar-refractivity contribution in [2.45, 2.75) is 31.2 Å². The standard InChI is InChI=1S/C24H24N2O6/c27-21(28)13-32-26-22(29)24-10-14(24)9-15(11-24)25-23(30)31-12-20-18-7-3-1-5-16(18)17-6-2-4-8-19(17)20/h1-8,14-15,20H,9-13H2,(H,25,30)(H,26,29)(H,27,28)/t14-,15+,24+/m0/s1. The van der Waals surface area contributed by atoms with Crippen LogP contribution in [0.15, 0.2) is 48.5 Å². The number of fused-ring (bicyclic) bond motifs is 4. The first kappa shape index (κ1) is 20.5. The fourth-order valence-corrected chi connectivity index (χ4v) is 5.36. The topological polar surface area (TPSA) is 114 Å². The zero-order valence-corrected chi connectivity index (χ0v) is 17.4. The predicted octanol–water partition coefficient (Wildman–Crippen LogP) is 2.83. The lowest BCUT2D eigenvalue weighted by atomic mass is 9.98. The zero-order valence-electron chi connectivity index (χ0n) is 17.4. The van der Waals surface area contributed by atoms with Gasteiger partial charge in [0.25, 0.3) is 0 Å². The lowest BCUT2D eigenvalue weighted by molar-refractivity contribution is -0.151. The lowest BCUT2D eigenvalue weighted by Gasteiger charge is -2.19. The molecule has 32 heavy (non-hydrogen) atoms. The number of hydrogen-bond acceptors (Lipinski definition) is 5. The quantitative estimate of drug-likeness (QED) is 0.575. The van der Waals surface area contributed by atoms with Gasteiger partial charge in [-0.25, -0.2) is 15.1 Å². The molecule has 8 nitrogen and oxygen atoms in total. The predicted molar refractivity (Wildman–Crippen MR) is 113 cm³/mol. The van der Waals surface area contributed by atoms with Crippen LogP contribution in [0.1, 0.15) is 36.3 Å². The van der Waals surface area contributed by atoms with Gasteiger partial charge in [-0.2, -0.15) is 0 Å². The smallest absolute Gasteiger partial charge is 0.407 e. The highest BCUT2D eigenvalue weighted by Gasteiger charge is 2.65. The summed E-state index contributed by atoms with van der Waals surface area (Å²) < 4.78 is 5.60. The first-order valence-electron chi connectivity index (χ1n) is 10.7. The fourth-order valence-electron chi connectivity index (χ4n) is 5.36. The van der Waals surface area contributed by atoms with Crippen molar-refractivity contribution >= 4 is 18.0 Å². The molecular formula is C24H24N2O6. The summed E-state index contributed by atoms with van der Waals surface area (Å²) in [6, 6.07) is 16.2. The van der Waals surface area contributed by atoms with Crippen molar-refractivity contribution in [2.75, 3.05) is 13.2 Å². The average Bonchev–Trinajstić information content (AvgIpc) is 3.20. The van der Waals surface area contributed by atoms with Gasteiger partial charge in [-0.05, 0) is 47.4 Å². The second-order valence-corrected chi connectivity index (χ2v) is 8.78. The second-order valence-electron chi connectivity index (χ2n) is 8.78. The molecule has 2 aromatic rings. The van der Waals surface area contributed by atoms with Gasteiger partial charge in [0.15, 0.2) is 6.61 Å². The van der Waals surface area contributed by atoms with E-state index in [4.69, 9.17) is 14.7 Å². The molecule has 3 atom stereocenters. The first-order valence-corrected chi connectivity index (χ1v) is 10.7. The van der Waals surface area contributed by atoms with Crippen LogP contribution in [0, 0.1) is 11.3 Å². The molecule has 0 heterocycles. The van der Waals surface area contributed by atoms with Gasteiger partial charge in [0.05, 0.1) is 5.41 Å². The van der Waals surface area contributed by atoms with Crippen LogP contribution < -0.4 is 10.8 Å². The van der Waals surface area contributed by atoms with Crippen LogP contribution in [0.25, 0.3) is 11.1 Å². The highest BCUT2D eigenvalue weighted by atomic mass is 16.7. The molecule has 0 saturated heterocycles. The molecule has 0 radical (unpaired) electrons. The van der Waals surface area contributed by atoms with Gasteiger partial charge in [-0.15, -0.1) is 0 Å². The number of rotatable bonds is 7. The minimum atomic E-state index is -1.16. The molecule has 3 N–H and O–H groups in total. The summed E-state index contributed by atoms with van der Waals surface area (Å²) in [6.45, 7) is -0.349. The van der Waals surface area contributed by atoms with E-state index in [1.54, 1.807) is 0 Å². The van der Waals surface area contributed by atoms with Crippen molar-refractivity contribution in [2.24, 2.45) is 11.3 Å². The number of aliphatic carboxylic acids is 1. The molecule has 2 aromatic carbocycles. The van der Waals surface area contributed by atoms with Crippen molar-refractivity contribution < 1.29 is 29.1 Å². The lowest BCUT2D eigenvalue weighted by Crippen LogP contribution is -2.38. The van der Waals surface area contributed by atoms with Gasteiger partial charge < -0.3 is 15.2 Å². The van der Waals surface area contributed by atoms with Crippen LogP contribution in [0.2, 0.25) is 0 Å². The van der Waals surface area contributed by atoms with Gasteiger partial charge >= 0.3 is 12.1 Å². The fraction of sp³-hybridized carbons (Fsp3) is 0.375. The number of hydrogen-bond donors (Lipinski definition) is 3. The van der Waals surface area contributed by atoms with E-state index in [0.717, 1.165) is 17.5 Å². The number of alkyl carbamates (subject to hydrolysis) is 1. The molecule has 0 aliphatic heterocycles. The number of nitrogens with one attached hydrogen (secondary N) is 2. The van der Waals surface area contributed by atoms with Gasteiger partial charge in [-0.3, -0.25) is 9.63 Å². The Hall–Kier alpha value is -3.39. The highest BCUT2D eigenvalue weighted by molar-refractivity contribution is 5.86. The summed E-state index contributed by atoms with van der Waals surface area (Å²) >= 11 is 0. The largest absolute Gasteiger partial charge is 0.479 e. The van der Waals surface area contributed by atoms with E-state index in [1.807, 2.05) is 24.3 Å². The van der Waals surface area contributed by atoms with Crippen molar-refractivity contribution in [3.8, 4) is 11.1 Å². The van der Waals surface area contributed by atoms with E-state index in [-0.39, 0.29) is 30.4 Å². The molecule has 2 amide bonds. The molecule has 2 saturated carbocycles. The maximum atomic E-state index is 12.5. The number of amides is 2. The van der Waals surface area contributed by atoms with Crippen LogP contribution in [0.5, 0.6) is 0 Å². The number of benzene rings is 2. The van der Waals surface area contributed by atoms with E-state index in [2.05, 4.69) is 35.1 Å². The van der Waals surface area contributed by atoms with E-state index in [1.165, 1.54) is 11.1 Å². The number of carboxylic acids is 1. The van der Waals surface area contributed by atoms with E-state index in [0.29, 0.717) is 12.8 Å². The molecule has 166 valence electrons. The summed E-state index contributed by atoms with van der Waals surface area (Å²) in [5, 5.41) is 11.5. The molecule has 2 fully saturated rings. The van der Waals surface area contributed by atoms with Crippen LogP contribution in [0.3, 0.4) is 0 Å². The summed E-state index contributed by atoms with van der Waals surface area (Å²) in [6.07, 6.45) is 1.41. The Morgan fingerprint density at radius 1 is 1.00 bits per heavy atom. The van der Waals surface area contributed by atoms with Gasteiger partial charge in [0.2, 0.25) is 5.91 Å². The summed E-state index contributed by atoms with van der Waals surface area (Å²) in [5.74, 6) is -1.32. The number of carbonyl (C=O) groups excluding carboxylic acids is 2. The number of ether oxygens (including phenoxy) is 1. The zero-order chi connectivity index (χ0) is 22.3. The van der Waals surface area contributed by atoms with Gasteiger partial charge in [-0.1, -0.05) is 48.5 Å². The van der Waals surface area contributed by atoms with Crippen LogP contribution in [-0.4, -0.2) is 42.3 Å². The van der Waals surface area contributed by atoms with E-state index in [9.17, 15) is 14.4 Å². The van der Waals surface area contributed by atoms with Crippen molar-refractivity contribution in [3.05, 3.63) is 59.7 Å². The minimum Gasteiger partial charge on any atom is -0.479 e. The molecule has 0 aromatic heterocycles. The summed E-state index contributed by atoms with van der Waals surface area (Å²) in [5.41, 5.74) is 6.30. The molecule has 0 unspecified atom stereocenters. The van der Waals surface area contributed by atoms with Crippen LogP contribution in [-0.2, 0) is 19.2 Å². The molecule has 3 aliphatic carbocycles. The van der Waals surface area contributed by atoms with Crippen LogP contribution >= 0.6 is 0 Å². The van der Waals surface area contributed by atoms with Gasteiger partial charge in [0, 0.05) is 12.0 Å². The maximum absolute atomic E-state index is 12.5. The monoisotopic (exact) mass is 436 g/mol. The number of carbonyl (C=O) groups is 3. The van der Waals surface area contributed by atoms with Gasteiger partial charge in [0.1, 0.15) is 6.61 Å². The Balaban J connectivity index is 1.15. The first-order chi connectivity index (χ1) is 15.5. The van der Waals surface area contributed by atoms with Crippen molar-refractivity contribution in [1.29, 1.82) is 0 Å². The molecule has 0 spiro atoms. The Bertz CT molecular complexity index is 1040. The molecule has 8 heteroatoms. The highest BCUT2D eigenvalue weighted by Crippen LogP contribution is 2.63. The van der Waals surface area contributed by atoms with Crippen molar-refractivity contribution in [3.63, 3.8) is 0 Å². The summed E-state index contributed by atoms with van der Waals surface area (Å²) in [7, 11) is 0. The SMILES string of the molecule is O=C(O)CONC(=O)[C@]12C[C@H](NC(=O)OCC3c4ccccc4-c4ccccc43)C[C@H]1C2. The minimum absolute atomic E-state index is 0.00589. The number of carboxylic acid groups (broad SMARTS) is 1. The van der Waals surface area contributed by atoms with Crippen LogP contribution in [0.4, 0.5) is 4.79 Å². The normalized spacial score (nSPS) is 24.8. The second kappa shape index (κ2) is 7.94. The third kappa shape index (κ3) is 3.60.